The van der Waals surface area contributed by atoms with Gasteiger partial charge in [-0.3, -0.25) is 0 Å². The van der Waals surface area contributed by atoms with Crippen molar-refractivity contribution in [1.29, 1.82) is 0 Å². The smallest absolute Gasteiger partial charge is 0.146 e. The standard InChI is InChI=1S/C15H21ClN2O/c1-6-15(3,4)18-11-8-7-9-12(19-5)13(11)17-14(18)10(2)16/h7-10H,6H2,1-5H3. The van der Waals surface area contributed by atoms with Crippen LogP contribution in [0.4, 0.5) is 0 Å². The Bertz CT molecular complexity index is 587. The zero-order valence-corrected chi connectivity index (χ0v) is 13.0. The molecule has 3 nitrogen and oxygen atoms in total. The molecule has 1 aromatic carbocycles. The van der Waals surface area contributed by atoms with Crippen molar-refractivity contribution in [2.75, 3.05) is 7.11 Å². The number of aromatic nitrogens is 2. The third kappa shape index (κ3) is 2.32. The van der Waals surface area contributed by atoms with Gasteiger partial charge in [0.05, 0.1) is 18.0 Å². The fraction of sp³-hybridized carbons (Fsp3) is 0.533. The molecule has 1 unspecified atom stereocenters. The van der Waals surface area contributed by atoms with Crippen LogP contribution in [0.15, 0.2) is 18.2 Å². The average molecular weight is 281 g/mol. The number of alkyl halides is 1. The number of nitrogens with zero attached hydrogens (tertiary/aromatic N) is 2. The first-order valence-electron chi connectivity index (χ1n) is 6.62. The summed E-state index contributed by atoms with van der Waals surface area (Å²) in [6.07, 6.45) is 1.01. The molecule has 104 valence electrons. The first-order chi connectivity index (χ1) is 8.92. The summed E-state index contributed by atoms with van der Waals surface area (Å²) in [6, 6.07) is 6.00. The highest BCUT2D eigenvalue weighted by Gasteiger charge is 2.27. The Hall–Kier alpha value is -1.22. The van der Waals surface area contributed by atoms with Gasteiger partial charge in [-0.15, -0.1) is 11.6 Å². The van der Waals surface area contributed by atoms with Crippen molar-refractivity contribution in [2.24, 2.45) is 0 Å². The lowest BCUT2D eigenvalue weighted by atomic mass is 10.0. The minimum Gasteiger partial charge on any atom is -0.494 e. The van der Waals surface area contributed by atoms with Gasteiger partial charge in [-0.2, -0.15) is 0 Å². The number of fused-ring (bicyclic) bond motifs is 1. The molecule has 0 radical (unpaired) electrons. The van der Waals surface area contributed by atoms with E-state index >= 15 is 0 Å². The van der Waals surface area contributed by atoms with Gasteiger partial charge >= 0.3 is 0 Å². The van der Waals surface area contributed by atoms with Gasteiger partial charge in [0.15, 0.2) is 0 Å². The number of rotatable bonds is 4. The van der Waals surface area contributed by atoms with Crippen LogP contribution < -0.4 is 4.74 Å². The molecule has 1 atom stereocenters. The topological polar surface area (TPSA) is 27.1 Å². The molecular formula is C15H21ClN2O. The van der Waals surface area contributed by atoms with Gasteiger partial charge in [0.2, 0.25) is 0 Å². The lowest BCUT2D eigenvalue weighted by Gasteiger charge is -2.28. The summed E-state index contributed by atoms with van der Waals surface area (Å²) >= 11 is 6.31. The predicted octanol–water partition coefficient (Wildman–Crippen LogP) is 4.49. The summed E-state index contributed by atoms with van der Waals surface area (Å²) in [7, 11) is 1.67. The van der Waals surface area contributed by atoms with Crippen molar-refractivity contribution in [3.8, 4) is 5.75 Å². The van der Waals surface area contributed by atoms with E-state index in [1.165, 1.54) is 0 Å². The zero-order chi connectivity index (χ0) is 14.2. The van der Waals surface area contributed by atoms with E-state index in [1.807, 2.05) is 19.1 Å². The highest BCUT2D eigenvalue weighted by Crippen LogP contribution is 2.35. The molecule has 0 saturated carbocycles. The molecule has 0 amide bonds. The van der Waals surface area contributed by atoms with Gasteiger partial charge in [-0.1, -0.05) is 13.0 Å². The lowest BCUT2D eigenvalue weighted by Crippen LogP contribution is -2.27. The van der Waals surface area contributed by atoms with Crippen molar-refractivity contribution >= 4 is 22.6 Å². The van der Waals surface area contributed by atoms with Gasteiger partial charge in [0, 0.05) is 5.54 Å². The fourth-order valence-electron chi connectivity index (χ4n) is 2.32. The largest absolute Gasteiger partial charge is 0.494 e. The number of benzene rings is 1. The Labute approximate surface area is 119 Å². The van der Waals surface area contributed by atoms with Gasteiger partial charge < -0.3 is 9.30 Å². The second-order valence-corrected chi connectivity index (χ2v) is 6.07. The van der Waals surface area contributed by atoms with E-state index < -0.39 is 0 Å². The molecule has 19 heavy (non-hydrogen) atoms. The summed E-state index contributed by atoms with van der Waals surface area (Å²) in [4.78, 5) is 4.70. The van der Waals surface area contributed by atoms with Crippen molar-refractivity contribution in [2.45, 2.75) is 45.0 Å². The van der Waals surface area contributed by atoms with Crippen molar-refractivity contribution < 1.29 is 4.74 Å². The molecule has 0 spiro atoms. The molecule has 2 rings (SSSR count). The minimum atomic E-state index is -0.136. The maximum atomic E-state index is 6.31. The summed E-state index contributed by atoms with van der Waals surface area (Å²) in [6.45, 7) is 8.54. The average Bonchev–Trinajstić information content (AvgIpc) is 2.78. The monoisotopic (exact) mass is 280 g/mol. The number of ether oxygens (including phenoxy) is 1. The van der Waals surface area contributed by atoms with Gasteiger partial charge in [0.1, 0.15) is 17.1 Å². The Kier molecular flexibility index (Phi) is 3.77. The molecule has 4 heteroatoms. The van der Waals surface area contributed by atoms with E-state index in [-0.39, 0.29) is 10.9 Å². The molecule has 0 saturated heterocycles. The van der Waals surface area contributed by atoms with Crippen LogP contribution in [0.5, 0.6) is 5.75 Å². The van der Waals surface area contributed by atoms with Crippen LogP contribution in [0.3, 0.4) is 0 Å². The molecule has 0 fully saturated rings. The van der Waals surface area contributed by atoms with E-state index in [2.05, 4.69) is 31.4 Å². The third-order valence-electron chi connectivity index (χ3n) is 3.72. The first-order valence-corrected chi connectivity index (χ1v) is 7.06. The molecule has 2 aromatic rings. The van der Waals surface area contributed by atoms with E-state index in [0.717, 1.165) is 29.0 Å². The van der Waals surface area contributed by atoms with Gasteiger partial charge in [-0.25, -0.2) is 4.98 Å². The van der Waals surface area contributed by atoms with Crippen LogP contribution in [0, 0.1) is 0 Å². The molecular weight excluding hydrogens is 260 g/mol. The summed E-state index contributed by atoms with van der Waals surface area (Å²) in [5.74, 6) is 1.69. The van der Waals surface area contributed by atoms with E-state index in [0.29, 0.717) is 0 Å². The van der Waals surface area contributed by atoms with E-state index in [4.69, 9.17) is 21.3 Å². The molecule has 0 aliphatic heterocycles. The second-order valence-electron chi connectivity index (χ2n) is 5.42. The molecule has 0 bridgehead atoms. The Morgan fingerprint density at radius 2 is 2.11 bits per heavy atom. The van der Waals surface area contributed by atoms with Crippen LogP contribution >= 0.6 is 11.6 Å². The molecule has 0 aliphatic rings. The Morgan fingerprint density at radius 1 is 1.42 bits per heavy atom. The van der Waals surface area contributed by atoms with Crippen LogP contribution in [0.25, 0.3) is 11.0 Å². The number of methoxy groups -OCH3 is 1. The first kappa shape index (κ1) is 14.2. The molecule has 0 N–H and O–H groups in total. The highest BCUT2D eigenvalue weighted by atomic mass is 35.5. The maximum absolute atomic E-state index is 6.31. The normalized spacial score (nSPS) is 13.8. The SMILES string of the molecule is CCC(C)(C)n1c(C(C)Cl)nc2c(OC)cccc21. The maximum Gasteiger partial charge on any atom is 0.146 e. The van der Waals surface area contributed by atoms with E-state index in [9.17, 15) is 0 Å². The number of hydrogen-bond donors (Lipinski definition) is 0. The Morgan fingerprint density at radius 3 is 2.63 bits per heavy atom. The van der Waals surface area contributed by atoms with Gasteiger partial charge in [0.25, 0.3) is 0 Å². The van der Waals surface area contributed by atoms with Crippen LogP contribution in [-0.2, 0) is 5.54 Å². The minimum absolute atomic E-state index is 0.0282. The van der Waals surface area contributed by atoms with Crippen molar-refractivity contribution in [3.05, 3.63) is 24.0 Å². The fourth-order valence-corrected chi connectivity index (χ4v) is 2.46. The highest BCUT2D eigenvalue weighted by molar-refractivity contribution is 6.20. The summed E-state index contributed by atoms with van der Waals surface area (Å²) in [5.41, 5.74) is 1.93. The summed E-state index contributed by atoms with van der Waals surface area (Å²) < 4.78 is 7.64. The van der Waals surface area contributed by atoms with Gasteiger partial charge in [-0.05, 0) is 39.3 Å². The number of para-hydroxylation sites is 1. The molecule has 1 heterocycles. The lowest BCUT2D eigenvalue weighted by molar-refractivity contribution is 0.341. The molecule has 1 aromatic heterocycles. The molecule has 0 aliphatic carbocycles. The van der Waals surface area contributed by atoms with E-state index in [1.54, 1.807) is 7.11 Å². The zero-order valence-electron chi connectivity index (χ0n) is 12.2. The summed E-state index contributed by atoms with van der Waals surface area (Å²) in [5, 5.41) is -0.136. The quantitative estimate of drug-likeness (QED) is 0.772. The van der Waals surface area contributed by atoms with Crippen molar-refractivity contribution in [1.82, 2.24) is 9.55 Å². The van der Waals surface area contributed by atoms with Crippen molar-refractivity contribution in [3.63, 3.8) is 0 Å². The Balaban J connectivity index is 2.82. The number of halogens is 1. The van der Waals surface area contributed by atoms with Crippen LogP contribution in [0.2, 0.25) is 0 Å². The second kappa shape index (κ2) is 5.04. The third-order valence-corrected chi connectivity index (χ3v) is 3.92. The van der Waals surface area contributed by atoms with Crippen LogP contribution in [0.1, 0.15) is 45.3 Å². The predicted molar refractivity (Wildman–Crippen MR) is 80.2 cm³/mol. The number of hydrogen-bond acceptors (Lipinski definition) is 2. The number of imidazole rings is 1. The van der Waals surface area contributed by atoms with Crippen LogP contribution in [-0.4, -0.2) is 16.7 Å².